The van der Waals surface area contributed by atoms with E-state index in [9.17, 15) is 9.90 Å². The van der Waals surface area contributed by atoms with Crippen molar-refractivity contribution in [1.29, 1.82) is 0 Å². The molecule has 0 amide bonds. The van der Waals surface area contributed by atoms with Gasteiger partial charge in [0.25, 0.3) is 5.56 Å². The van der Waals surface area contributed by atoms with Crippen LogP contribution in [0.2, 0.25) is 0 Å². The fourth-order valence-corrected chi connectivity index (χ4v) is 4.04. The van der Waals surface area contributed by atoms with Crippen LogP contribution in [-0.4, -0.2) is 38.8 Å². The molecular weight excluding hydrogens is 322 g/mol. The molecule has 0 bridgehead atoms. The Hall–Kier alpha value is -2.02. The van der Waals surface area contributed by atoms with Crippen LogP contribution in [0.25, 0.3) is 10.2 Å². The van der Waals surface area contributed by atoms with Gasteiger partial charge in [-0.3, -0.25) is 14.3 Å². The third-order valence-corrected chi connectivity index (χ3v) is 5.36. The van der Waals surface area contributed by atoms with E-state index < -0.39 is 6.10 Å². The van der Waals surface area contributed by atoms with E-state index >= 15 is 0 Å². The molecule has 2 aromatic heterocycles. The Morgan fingerprint density at radius 1 is 1.21 bits per heavy atom. The molecule has 0 aliphatic carbocycles. The van der Waals surface area contributed by atoms with E-state index in [1.807, 2.05) is 5.38 Å². The molecule has 1 atom stereocenters. The van der Waals surface area contributed by atoms with Crippen LogP contribution in [-0.2, 0) is 19.5 Å². The van der Waals surface area contributed by atoms with Crippen LogP contribution in [0.1, 0.15) is 11.1 Å². The molecule has 3 aromatic rings. The Balaban J connectivity index is 1.44. The first kappa shape index (κ1) is 15.5. The van der Waals surface area contributed by atoms with E-state index in [0.717, 1.165) is 24.3 Å². The van der Waals surface area contributed by atoms with Crippen molar-refractivity contribution >= 4 is 21.6 Å². The monoisotopic (exact) mass is 341 g/mol. The summed E-state index contributed by atoms with van der Waals surface area (Å²) in [5, 5.41) is 12.9. The Kier molecular flexibility index (Phi) is 4.18. The molecule has 0 unspecified atom stereocenters. The van der Waals surface area contributed by atoms with E-state index in [-0.39, 0.29) is 12.1 Å². The van der Waals surface area contributed by atoms with E-state index in [1.54, 1.807) is 6.07 Å². The van der Waals surface area contributed by atoms with Gasteiger partial charge in [0.1, 0.15) is 4.83 Å². The molecule has 3 heterocycles. The van der Waals surface area contributed by atoms with E-state index in [2.05, 4.69) is 34.1 Å². The lowest BCUT2D eigenvalue weighted by atomic mass is 10.00. The summed E-state index contributed by atoms with van der Waals surface area (Å²) in [7, 11) is 0. The Morgan fingerprint density at radius 3 is 2.92 bits per heavy atom. The summed E-state index contributed by atoms with van der Waals surface area (Å²) >= 11 is 1.46. The van der Waals surface area contributed by atoms with Crippen molar-refractivity contribution < 1.29 is 5.11 Å². The third-order valence-electron chi connectivity index (χ3n) is 4.54. The van der Waals surface area contributed by atoms with Gasteiger partial charge < -0.3 is 5.11 Å². The van der Waals surface area contributed by atoms with Gasteiger partial charge in [0.15, 0.2) is 0 Å². The number of fused-ring (bicyclic) bond motifs is 2. The number of nitrogens with zero attached hydrogens (tertiary/aromatic N) is 3. The number of benzene rings is 1. The van der Waals surface area contributed by atoms with Gasteiger partial charge in [-0.15, -0.1) is 11.3 Å². The summed E-state index contributed by atoms with van der Waals surface area (Å²) in [5.41, 5.74) is 2.64. The Morgan fingerprint density at radius 2 is 2.04 bits per heavy atom. The molecule has 1 aliphatic heterocycles. The maximum atomic E-state index is 12.4. The third kappa shape index (κ3) is 3.00. The molecule has 0 fully saturated rings. The zero-order valence-corrected chi connectivity index (χ0v) is 14.1. The van der Waals surface area contributed by atoms with E-state index in [4.69, 9.17) is 0 Å². The van der Waals surface area contributed by atoms with Crippen LogP contribution in [0, 0.1) is 0 Å². The molecule has 4 rings (SSSR count). The topological polar surface area (TPSA) is 58.4 Å². The van der Waals surface area contributed by atoms with Gasteiger partial charge in [-0.25, -0.2) is 4.98 Å². The predicted molar refractivity (Wildman–Crippen MR) is 95.3 cm³/mol. The SMILES string of the molecule is O=c1c2ccsc2ncn1C[C@@H](O)CN1CCc2ccccc2C1. The first-order chi connectivity index (χ1) is 11.7. The van der Waals surface area contributed by atoms with Crippen LogP contribution in [0.3, 0.4) is 0 Å². The van der Waals surface area contributed by atoms with Gasteiger partial charge in [-0.1, -0.05) is 24.3 Å². The van der Waals surface area contributed by atoms with Crippen molar-refractivity contribution in [3.05, 3.63) is 63.5 Å². The molecule has 0 saturated carbocycles. The van der Waals surface area contributed by atoms with Gasteiger partial charge in [-0.2, -0.15) is 0 Å². The molecule has 24 heavy (non-hydrogen) atoms. The van der Waals surface area contributed by atoms with Gasteiger partial charge in [0, 0.05) is 19.6 Å². The molecule has 6 heteroatoms. The molecule has 0 radical (unpaired) electrons. The van der Waals surface area contributed by atoms with Crippen molar-refractivity contribution in [2.24, 2.45) is 0 Å². The molecule has 0 spiro atoms. The first-order valence-electron chi connectivity index (χ1n) is 8.10. The maximum Gasteiger partial charge on any atom is 0.262 e. The maximum absolute atomic E-state index is 12.4. The number of hydrogen-bond donors (Lipinski definition) is 1. The van der Waals surface area contributed by atoms with Crippen molar-refractivity contribution in [2.45, 2.75) is 25.6 Å². The fourth-order valence-electron chi connectivity index (χ4n) is 3.32. The lowest BCUT2D eigenvalue weighted by Crippen LogP contribution is -2.39. The molecule has 1 N–H and O–H groups in total. The molecule has 5 nitrogen and oxygen atoms in total. The van der Waals surface area contributed by atoms with E-state index in [0.29, 0.717) is 11.9 Å². The smallest absolute Gasteiger partial charge is 0.262 e. The highest BCUT2D eigenvalue weighted by Gasteiger charge is 2.19. The number of aromatic nitrogens is 2. The summed E-state index contributed by atoms with van der Waals surface area (Å²) < 4.78 is 1.51. The van der Waals surface area contributed by atoms with Crippen molar-refractivity contribution in [3.8, 4) is 0 Å². The molecule has 1 aromatic carbocycles. The highest BCUT2D eigenvalue weighted by molar-refractivity contribution is 7.16. The Labute approximate surface area is 143 Å². The summed E-state index contributed by atoms with van der Waals surface area (Å²) in [5.74, 6) is 0. The minimum absolute atomic E-state index is 0.0794. The number of aliphatic hydroxyl groups excluding tert-OH is 1. The van der Waals surface area contributed by atoms with Crippen molar-refractivity contribution in [2.75, 3.05) is 13.1 Å². The minimum Gasteiger partial charge on any atom is -0.390 e. The van der Waals surface area contributed by atoms with Gasteiger partial charge >= 0.3 is 0 Å². The lowest BCUT2D eigenvalue weighted by molar-refractivity contribution is 0.0908. The first-order valence-corrected chi connectivity index (χ1v) is 8.98. The Bertz CT molecular complexity index is 918. The summed E-state index contributed by atoms with van der Waals surface area (Å²) in [4.78, 5) is 19.7. The van der Waals surface area contributed by atoms with E-state index in [1.165, 1.54) is 33.4 Å². The number of rotatable bonds is 4. The van der Waals surface area contributed by atoms with Crippen molar-refractivity contribution in [1.82, 2.24) is 14.5 Å². The molecular formula is C18H19N3O2S. The van der Waals surface area contributed by atoms with Crippen LogP contribution < -0.4 is 5.56 Å². The van der Waals surface area contributed by atoms with Gasteiger partial charge in [-0.05, 0) is 29.0 Å². The van der Waals surface area contributed by atoms with Crippen molar-refractivity contribution in [3.63, 3.8) is 0 Å². The second kappa shape index (κ2) is 6.47. The molecule has 124 valence electrons. The van der Waals surface area contributed by atoms with Crippen LogP contribution in [0.4, 0.5) is 0 Å². The minimum atomic E-state index is -0.592. The largest absolute Gasteiger partial charge is 0.390 e. The normalized spacial score (nSPS) is 16.2. The average molecular weight is 341 g/mol. The zero-order chi connectivity index (χ0) is 16.5. The zero-order valence-electron chi connectivity index (χ0n) is 13.3. The van der Waals surface area contributed by atoms with Crippen LogP contribution in [0.5, 0.6) is 0 Å². The van der Waals surface area contributed by atoms with Crippen LogP contribution in [0.15, 0.2) is 46.8 Å². The predicted octanol–water partition coefficient (Wildman–Crippen LogP) is 1.88. The standard InChI is InChI=1S/C18H19N3O2S/c22-15(10-20-7-5-13-3-1-2-4-14(13)9-20)11-21-12-19-17-16(18(21)23)6-8-24-17/h1-4,6,8,12,15,22H,5,7,9-11H2/t15-/m0/s1. The molecule has 1 aliphatic rings. The number of thiophene rings is 1. The lowest BCUT2D eigenvalue weighted by Gasteiger charge is -2.30. The number of β-amino-alcohol motifs (C(OH)–C–C–N with tert-alkyl or cyclic N) is 1. The van der Waals surface area contributed by atoms with Gasteiger partial charge in [0.2, 0.25) is 0 Å². The summed E-state index contributed by atoms with van der Waals surface area (Å²) in [6, 6.07) is 10.2. The van der Waals surface area contributed by atoms with Crippen LogP contribution >= 0.6 is 11.3 Å². The second-order valence-electron chi connectivity index (χ2n) is 6.25. The molecule has 0 saturated heterocycles. The fraction of sp³-hybridized carbons (Fsp3) is 0.333. The highest BCUT2D eigenvalue weighted by Crippen LogP contribution is 2.18. The second-order valence-corrected chi connectivity index (χ2v) is 7.14. The quantitative estimate of drug-likeness (QED) is 0.787. The summed E-state index contributed by atoms with van der Waals surface area (Å²) in [6.07, 6.45) is 1.95. The summed E-state index contributed by atoms with van der Waals surface area (Å²) in [6.45, 7) is 2.62. The average Bonchev–Trinajstić information content (AvgIpc) is 3.07. The highest BCUT2D eigenvalue weighted by atomic mass is 32.1. The number of aliphatic hydroxyl groups is 1. The number of hydrogen-bond acceptors (Lipinski definition) is 5. The van der Waals surface area contributed by atoms with Gasteiger partial charge in [0.05, 0.1) is 24.4 Å².